The van der Waals surface area contributed by atoms with Crippen LogP contribution < -0.4 is 0 Å². The smallest absolute Gasteiger partial charge is 0.0837 e. The third-order valence-corrected chi connectivity index (χ3v) is 3.07. The lowest BCUT2D eigenvalue weighted by Crippen LogP contribution is -2.47. The second-order valence-corrected chi connectivity index (χ2v) is 6.02. The summed E-state index contributed by atoms with van der Waals surface area (Å²) in [7, 11) is 0. The number of ether oxygens (including phenoxy) is 1. The van der Waals surface area contributed by atoms with E-state index in [1.165, 1.54) is 0 Å². The quantitative estimate of drug-likeness (QED) is 0.742. The van der Waals surface area contributed by atoms with Gasteiger partial charge in [-0.25, -0.2) is 0 Å². The first-order valence-electron chi connectivity index (χ1n) is 6.14. The Morgan fingerprint density at radius 2 is 1.94 bits per heavy atom. The Morgan fingerprint density at radius 1 is 1.38 bits per heavy atom. The highest BCUT2D eigenvalue weighted by Crippen LogP contribution is 2.32. The van der Waals surface area contributed by atoms with Gasteiger partial charge in [-0.3, -0.25) is 4.84 Å². The number of rotatable bonds is 3. The van der Waals surface area contributed by atoms with Crippen molar-refractivity contribution in [2.75, 3.05) is 19.7 Å². The molecule has 0 aromatic rings. The summed E-state index contributed by atoms with van der Waals surface area (Å²) in [4.78, 5) is 5.78. The molecule has 0 saturated carbocycles. The van der Waals surface area contributed by atoms with Crippen molar-refractivity contribution in [2.45, 2.75) is 57.3 Å². The first-order chi connectivity index (χ1) is 7.36. The van der Waals surface area contributed by atoms with E-state index in [0.717, 1.165) is 39.0 Å². The highest BCUT2D eigenvalue weighted by atomic mass is 16.7. The zero-order valence-electron chi connectivity index (χ0n) is 10.5. The van der Waals surface area contributed by atoms with Crippen molar-refractivity contribution < 1.29 is 14.7 Å². The molecular weight excluding hydrogens is 206 g/mol. The molecule has 1 atom stereocenters. The summed E-state index contributed by atoms with van der Waals surface area (Å²) < 4.78 is 5.18. The molecule has 1 N–H and O–H groups in total. The Morgan fingerprint density at radius 3 is 2.38 bits per heavy atom. The van der Waals surface area contributed by atoms with E-state index in [2.05, 4.69) is 0 Å². The van der Waals surface area contributed by atoms with Crippen LogP contribution in [0.2, 0.25) is 0 Å². The van der Waals surface area contributed by atoms with Gasteiger partial charge in [0.15, 0.2) is 0 Å². The summed E-state index contributed by atoms with van der Waals surface area (Å²) in [5.41, 5.74) is -0.673. The van der Waals surface area contributed by atoms with Gasteiger partial charge in [-0.2, -0.15) is 5.06 Å². The zero-order chi connectivity index (χ0) is 11.8. The predicted molar refractivity (Wildman–Crippen MR) is 61.0 cm³/mol. The number of aliphatic hydroxyl groups is 1. The molecule has 0 amide bonds. The van der Waals surface area contributed by atoms with Crippen molar-refractivity contribution in [1.82, 2.24) is 5.06 Å². The largest absolute Gasteiger partial charge is 0.390 e. The van der Waals surface area contributed by atoms with Crippen LogP contribution in [0.3, 0.4) is 0 Å². The van der Waals surface area contributed by atoms with Crippen LogP contribution in [0, 0.1) is 0 Å². The Bertz CT molecular complexity index is 237. The Labute approximate surface area is 97.5 Å². The Hall–Kier alpha value is -0.160. The molecule has 2 heterocycles. The van der Waals surface area contributed by atoms with Crippen LogP contribution in [0.25, 0.3) is 0 Å². The first-order valence-corrected chi connectivity index (χ1v) is 6.14. The maximum atomic E-state index is 10.3. The van der Waals surface area contributed by atoms with E-state index in [4.69, 9.17) is 9.57 Å². The van der Waals surface area contributed by atoms with Gasteiger partial charge in [0.25, 0.3) is 0 Å². The van der Waals surface area contributed by atoms with Crippen LogP contribution in [0.4, 0.5) is 0 Å². The minimum atomic E-state index is -0.529. The van der Waals surface area contributed by atoms with Crippen LogP contribution >= 0.6 is 0 Å². The van der Waals surface area contributed by atoms with Crippen molar-refractivity contribution in [3.8, 4) is 0 Å². The van der Waals surface area contributed by atoms with Crippen molar-refractivity contribution in [1.29, 1.82) is 0 Å². The average molecular weight is 229 g/mol. The van der Waals surface area contributed by atoms with Gasteiger partial charge in [0, 0.05) is 19.5 Å². The molecule has 2 saturated heterocycles. The lowest BCUT2D eigenvalue weighted by molar-refractivity contribution is -0.250. The Kier molecular flexibility index (Phi) is 3.27. The summed E-state index contributed by atoms with van der Waals surface area (Å²) in [6.07, 6.45) is 2.66. The molecule has 0 aromatic heterocycles. The van der Waals surface area contributed by atoms with Gasteiger partial charge in [0.2, 0.25) is 0 Å². The van der Waals surface area contributed by atoms with E-state index < -0.39 is 5.60 Å². The number of piperidine rings is 1. The van der Waals surface area contributed by atoms with E-state index >= 15 is 0 Å². The number of nitrogens with zero attached hydrogens (tertiary/aromatic N) is 1. The van der Waals surface area contributed by atoms with Crippen molar-refractivity contribution in [2.24, 2.45) is 0 Å². The van der Waals surface area contributed by atoms with Gasteiger partial charge in [-0.05, 0) is 33.6 Å². The predicted octanol–water partition coefficient (Wildman–Crippen LogP) is 1.33. The fraction of sp³-hybridized carbons (Fsp3) is 1.00. The van der Waals surface area contributed by atoms with Gasteiger partial charge >= 0.3 is 0 Å². The molecule has 16 heavy (non-hydrogen) atoms. The van der Waals surface area contributed by atoms with Crippen LogP contribution in [0.5, 0.6) is 0 Å². The monoisotopic (exact) mass is 229 g/mol. The third-order valence-electron chi connectivity index (χ3n) is 3.07. The van der Waals surface area contributed by atoms with E-state index in [-0.39, 0.29) is 5.60 Å². The molecule has 0 aliphatic carbocycles. The summed E-state index contributed by atoms with van der Waals surface area (Å²) in [6.45, 7) is 8.58. The standard InChI is InChI=1S/C12H23NO3/c1-11(2,3)16-13-6-4-12(14,5-7-13)8-10-9-15-10/h10,14H,4-9H2,1-3H3. The SMILES string of the molecule is CC(C)(C)ON1CCC(O)(CC2CO2)CC1. The average Bonchev–Trinajstić information content (AvgIpc) is 2.91. The maximum Gasteiger partial charge on any atom is 0.0837 e. The van der Waals surface area contributed by atoms with Crippen LogP contribution in [0.15, 0.2) is 0 Å². The molecule has 2 fully saturated rings. The first kappa shape index (κ1) is 12.3. The van der Waals surface area contributed by atoms with Gasteiger partial charge in [0.05, 0.1) is 23.9 Å². The van der Waals surface area contributed by atoms with Crippen molar-refractivity contribution in [3.05, 3.63) is 0 Å². The molecular formula is C12H23NO3. The summed E-state index contributed by atoms with van der Waals surface area (Å²) in [6, 6.07) is 0. The topological polar surface area (TPSA) is 45.2 Å². The number of hydrogen-bond donors (Lipinski definition) is 1. The van der Waals surface area contributed by atoms with Crippen LogP contribution in [-0.2, 0) is 9.57 Å². The minimum Gasteiger partial charge on any atom is -0.390 e. The summed E-state index contributed by atoms with van der Waals surface area (Å²) in [5.74, 6) is 0. The Balaban J connectivity index is 1.76. The van der Waals surface area contributed by atoms with Gasteiger partial charge < -0.3 is 9.84 Å². The highest BCUT2D eigenvalue weighted by Gasteiger charge is 2.39. The van der Waals surface area contributed by atoms with E-state index in [1.807, 2.05) is 25.8 Å². The van der Waals surface area contributed by atoms with Gasteiger partial charge in [-0.1, -0.05) is 0 Å². The molecule has 0 aromatic carbocycles. The minimum absolute atomic E-state index is 0.144. The highest BCUT2D eigenvalue weighted by molar-refractivity contribution is 4.89. The second-order valence-electron chi connectivity index (χ2n) is 6.02. The molecule has 2 rings (SSSR count). The van der Waals surface area contributed by atoms with Gasteiger partial charge in [0.1, 0.15) is 0 Å². The molecule has 0 radical (unpaired) electrons. The molecule has 2 aliphatic heterocycles. The zero-order valence-corrected chi connectivity index (χ0v) is 10.5. The second kappa shape index (κ2) is 4.26. The van der Waals surface area contributed by atoms with Crippen molar-refractivity contribution in [3.63, 3.8) is 0 Å². The molecule has 4 heteroatoms. The lowest BCUT2D eigenvalue weighted by Gasteiger charge is -2.39. The fourth-order valence-corrected chi connectivity index (χ4v) is 2.19. The molecule has 0 bridgehead atoms. The lowest BCUT2D eigenvalue weighted by atomic mass is 9.88. The third kappa shape index (κ3) is 3.70. The maximum absolute atomic E-state index is 10.3. The summed E-state index contributed by atoms with van der Waals surface area (Å²) in [5, 5.41) is 12.3. The fourth-order valence-electron chi connectivity index (χ4n) is 2.19. The molecule has 94 valence electrons. The van der Waals surface area contributed by atoms with Crippen molar-refractivity contribution >= 4 is 0 Å². The normalized spacial score (nSPS) is 30.4. The van der Waals surface area contributed by atoms with E-state index in [1.54, 1.807) is 0 Å². The van der Waals surface area contributed by atoms with E-state index in [0.29, 0.717) is 6.10 Å². The molecule has 0 spiro atoms. The molecule has 4 nitrogen and oxygen atoms in total. The van der Waals surface area contributed by atoms with Gasteiger partial charge in [-0.15, -0.1) is 0 Å². The molecule has 1 unspecified atom stereocenters. The molecule has 2 aliphatic rings. The van der Waals surface area contributed by atoms with E-state index in [9.17, 15) is 5.11 Å². The number of hydroxylamine groups is 2. The number of hydrogen-bond acceptors (Lipinski definition) is 4. The summed E-state index contributed by atoms with van der Waals surface area (Å²) >= 11 is 0. The van der Waals surface area contributed by atoms with Crippen LogP contribution in [-0.4, -0.2) is 47.2 Å². The van der Waals surface area contributed by atoms with Crippen LogP contribution in [0.1, 0.15) is 40.0 Å². The number of epoxide rings is 1.